The maximum atomic E-state index is 9.08. The minimum Gasteiger partial charge on any atom is -0.495 e. The third-order valence-electron chi connectivity index (χ3n) is 1.57. The fraction of sp³-hybridized carbons (Fsp3) is 0. The molecule has 0 aliphatic heterocycles. The van der Waals surface area contributed by atoms with Crippen LogP contribution in [0.15, 0.2) is 28.7 Å². The number of aromatic hydroxyl groups is 1. The van der Waals surface area contributed by atoms with Gasteiger partial charge >= 0.3 is 0 Å². The highest BCUT2D eigenvalue weighted by Crippen LogP contribution is 2.22. The second kappa shape index (κ2) is 2.27. The molecule has 0 spiro atoms. The molecule has 11 heavy (non-hydrogen) atoms. The average molecular weight is 212 g/mol. The van der Waals surface area contributed by atoms with Gasteiger partial charge in [-0.2, -0.15) is 0 Å². The van der Waals surface area contributed by atoms with Crippen LogP contribution in [0, 0.1) is 0 Å². The first-order valence-electron chi connectivity index (χ1n) is 3.23. The van der Waals surface area contributed by atoms with Gasteiger partial charge in [-0.15, -0.1) is 0 Å². The molecule has 0 fully saturated rings. The molecule has 1 heterocycles. The monoisotopic (exact) mass is 211 g/mol. The Labute approximate surface area is 72.0 Å². The number of nitrogens with one attached hydrogen (secondary N) is 1. The lowest BCUT2D eigenvalue weighted by Crippen LogP contribution is -1.66. The van der Waals surface area contributed by atoms with Crippen LogP contribution in [0.3, 0.4) is 0 Å². The lowest BCUT2D eigenvalue weighted by atomic mass is 10.3. The SMILES string of the molecule is Oc1cc2ccc(Br)cc2[nH]1. The van der Waals surface area contributed by atoms with Crippen LogP contribution in [0.25, 0.3) is 10.9 Å². The number of H-pyrrole nitrogens is 1. The molecule has 0 amide bonds. The van der Waals surface area contributed by atoms with E-state index in [4.69, 9.17) is 5.11 Å². The summed E-state index contributed by atoms with van der Waals surface area (Å²) in [5.41, 5.74) is 0.942. The van der Waals surface area contributed by atoms with Crippen LogP contribution < -0.4 is 0 Å². The van der Waals surface area contributed by atoms with E-state index >= 15 is 0 Å². The molecule has 56 valence electrons. The second-order valence-corrected chi connectivity index (χ2v) is 3.30. The molecule has 2 aromatic rings. The number of benzene rings is 1. The molecule has 2 nitrogen and oxygen atoms in total. The van der Waals surface area contributed by atoms with Gasteiger partial charge in [-0.05, 0) is 12.1 Å². The van der Waals surface area contributed by atoms with E-state index in [1.807, 2.05) is 18.2 Å². The number of fused-ring (bicyclic) bond motifs is 1. The van der Waals surface area contributed by atoms with Gasteiger partial charge in [-0.3, -0.25) is 0 Å². The number of rotatable bonds is 0. The van der Waals surface area contributed by atoms with Crippen LogP contribution in [0.5, 0.6) is 5.88 Å². The third-order valence-corrected chi connectivity index (χ3v) is 2.06. The normalized spacial score (nSPS) is 10.6. The number of aromatic amines is 1. The Morgan fingerprint density at radius 1 is 1.27 bits per heavy atom. The van der Waals surface area contributed by atoms with Crippen LogP contribution in [0.2, 0.25) is 0 Å². The predicted molar refractivity (Wildman–Crippen MR) is 47.7 cm³/mol. The first-order valence-corrected chi connectivity index (χ1v) is 4.02. The van der Waals surface area contributed by atoms with Crippen LogP contribution in [-0.4, -0.2) is 10.1 Å². The number of halogens is 1. The van der Waals surface area contributed by atoms with Gasteiger partial charge in [-0.25, -0.2) is 0 Å². The molecule has 2 rings (SSSR count). The summed E-state index contributed by atoms with van der Waals surface area (Å²) in [5.74, 6) is 0.207. The maximum Gasteiger partial charge on any atom is 0.189 e. The fourth-order valence-corrected chi connectivity index (χ4v) is 1.45. The highest BCUT2D eigenvalue weighted by Gasteiger charge is 1.97. The maximum absolute atomic E-state index is 9.08. The Morgan fingerprint density at radius 2 is 2.09 bits per heavy atom. The second-order valence-electron chi connectivity index (χ2n) is 2.39. The molecular weight excluding hydrogens is 206 g/mol. The van der Waals surface area contributed by atoms with Gasteiger partial charge in [0.25, 0.3) is 0 Å². The van der Waals surface area contributed by atoms with Crippen molar-refractivity contribution < 1.29 is 5.11 Å². The minimum atomic E-state index is 0.207. The van der Waals surface area contributed by atoms with Crippen LogP contribution in [-0.2, 0) is 0 Å². The zero-order valence-electron chi connectivity index (χ0n) is 5.63. The molecule has 0 saturated carbocycles. The van der Waals surface area contributed by atoms with E-state index in [1.165, 1.54) is 0 Å². The van der Waals surface area contributed by atoms with E-state index in [0.717, 1.165) is 15.4 Å². The minimum absolute atomic E-state index is 0.207. The molecule has 0 aliphatic carbocycles. The van der Waals surface area contributed by atoms with Crippen LogP contribution in [0.4, 0.5) is 0 Å². The first kappa shape index (κ1) is 6.73. The molecule has 2 N–H and O–H groups in total. The quantitative estimate of drug-likeness (QED) is 0.691. The highest BCUT2D eigenvalue weighted by atomic mass is 79.9. The lowest BCUT2D eigenvalue weighted by Gasteiger charge is -1.88. The number of aromatic nitrogens is 1. The summed E-state index contributed by atoms with van der Waals surface area (Å²) in [5, 5.41) is 10.1. The molecule has 0 saturated heterocycles. The van der Waals surface area contributed by atoms with Crippen molar-refractivity contribution in [1.82, 2.24) is 4.98 Å². The van der Waals surface area contributed by atoms with E-state index in [0.29, 0.717) is 0 Å². The summed E-state index contributed by atoms with van der Waals surface area (Å²) in [6, 6.07) is 7.50. The third kappa shape index (κ3) is 1.12. The van der Waals surface area contributed by atoms with Gasteiger partial charge < -0.3 is 10.1 Å². The van der Waals surface area contributed by atoms with E-state index in [2.05, 4.69) is 20.9 Å². The summed E-state index contributed by atoms with van der Waals surface area (Å²) in [4.78, 5) is 2.82. The van der Waals surface area contributed by atoms with Crippen molar-refractivity contribution in [3.05, 3.63) is 28.7 Å². The highest BCUT2D eigenvalue weighted by molar-refractivity contribution is 9.10. The zero-order valence-corrected chi connectivity index (χ0v) is 7.22. The van der Waals surface area contributed by atoms with Crippen molar-refractivity contribution in [2.75, 3.05) is 0 Å². The van der Waals surface area contributed by atoms with Crippen molar-refractivity contribution >= 4 is 26.8 Å². The van der Waals surface area contributed by atoms with Gasteiger partial charge in [0.1, 0.15) is 0 Å². The molecule has 1 aromatic heterocycles. The Balaban J connectivity index is 2.82. The van der Waals surface area contributed by atoms with Gasteiger partial charge in [0, 0.05) is 21.4 Å². The molecule has 0 aliphatic rings. The topological polar surface area (TPSA) is 36.0 Å². The van der Waals surface area contributed by atoms with Crippen LogP contribution >= 0.6 is 15.9 Å². The molecule has 3 heteroatoms. The van der Waals surface area contributed by atoms with Crippen molar-refractivity contribution in [3.63, 3.8) is 0 Å². The molecule has 0 radical (unpaired) electrons. The molecule has 0 bridgehead atoms. The van der Waals surface area contributed by atoms with Gasteiger partial charge in [0.05, 0.1) is 0 Å². The molecule has 1 aromatic carbocycles. The standard InChI is InChI=1S/C8H6BrNO/c9-6-2-1-5-3-8(11)10-7(5)4-6/h1-4,10-11H. The fourth-order valence-electron chi connectivity index (χ4n) is 1.08. The van der Waals surface area contributed by atoms with Crippen molar-refractivity contribution in [2.45, 2.75) is 0 Å². The summed E-state index contributed by atoms with van der Waals surface area (Å²) in [6.07, 6.45) is 0. The Kier molecular flexibility index (Phi) is 1.39. The lowest BCUT2D eigenvalue weighted by molar-refractivity contribution is 0.458. The van der Waals surface area contributed by atoms with Crippen molar-refractivity contribution in [3.8, 4) is 5.88 Å². The summed E-state index contributed by atoms with van der Waals surface area (Å²) < 4.78 is 1.01. The molecular formula is C8H6BrNO. The summed E-state index contributed by atoms with van der Waals surface area (Å²) in [7, 11) is 0. The van der Waals surface area contributed by atoms with Gasteiger partial charge in [0.15, 0.2) is 5.88 Å². The van der Waals surface area contributed by atoms with E-state index < -0.39 is 0 Å². The summed E-state index contributed by atoms with van der Waals surface area (Å²) in [6.45, 7) is 0. The van der Waals surface area contributed by atoms with E-state index in [1.54, 1.807) is 6.07 Å². The smallest absolute Gasteiger partial charge is 0.189 e. The van der Waals surface area contributed by atoms with E-state index in [-0.39, 0.29) is 5.88 Å². The van der Waals surface area contributed by atoms with Crippen molar-refractivity contribution in [1.29, 1.82) is 0 Å². The zero-order chi connectivity index (χ0) is 7.84. The largest absolute Gasteiger partial charge is 0.495 e. The van der Waals surface area contributed by atoms with Crippen LogP contribution in [0.1, 0.15) is 0 Å². The predicted octanol–water partition coefficient (Wildman–Crippen LogP) is 2.64. The average Bonchev–Trinajstić information content (AvgIpc) is 2.27. The summed E-state index contributed by atoms with van der Waals surface area (Å²) >= 11 is 3.34. The molecule has 0 atom stereocenters. The number of hydrogen-bond acceptors (Lipinski definition) is 1. The van der Waals surface area contributed by atoms with Crippen molar-refractivity contribution in [2.24, 2.45) is 0 Å². The van der Waals surface area contributed by atoms with Gasteiger partial charge in [-0.1, -0.05) is 22.0 Å². The van der Waals surface area contributed by atoms with E-state index in [9.17, 15) is 0 Å². The van der Waals surface area contributed by atoms with Gasteiger partial charge in [0.2, 0.25) is 0 Å². The molecule has 0 unspecified atom stereocenters. The Bertz CT molecular complexity index is 394. The number of hydrogen-bond donors (Lipinski definition) is 2. The first-order chi connectivity index (χ1) is 5.25. The Hall–Kier alpha value is -0.960. The Morgan fingerprint density at radius 3 is 2.91 bits per heavy atom.